The summed E-state index contributed by atoms with van der Waals surface area (Å²) in [4.78, 5) is 12.1. The Balaban J connectivity index is 2.87. The van der Waals surface area contributed by atoms with Gasteiger partial charge in [-0.2, -0.15) is 8.42 Å². The monoisotopic (exact) mass is 303 g/mol. The lowest BCUT2D eigenvalue weighted by Gasteiger charge is -2.15. The molecule has 20 heavy (non-hydrogen) atoms. The molecule has 0 spiro atoms. The number of nitrogens with one attached hydrogen (secondary N) is 1. The predicted octanol–water partition coefficient (Wildman–Crippen LogP) is 0.923. The van der Waals surface area contributed by atoms with Crippen molar-refractivity contribution in [3.8, 4) is 5.88 Å². The molecule has 0 bridgehead atoms. The summed E-state index contributed by atoms with van der Waals surface area (Å²) in [6, 6.07) is -0.0196. The van der Waals surface area contributed by atoms with E-state index < -0.39 is 16.0 Å². The van der Waals surface area contributed by atoms with Crippen molar-refractivity contribution < 1.29 is 17.4 Å². The average molecular weight is 303 g/mol. The van der Waals surface area contributed by atoms with Gasteiger partial charge in [0.1, 0.15) is 5.56 Å². The molecule has 0 aliphatic carbocycles. The van der Waals surface area contributed by atoms with Crippen LogP contribution in [0.2, 0.25) is 0 Å². The minimum absolute atomic E-state index is 0.0196. The molecular weight excluding hydrogens is 282 g/mol. The quantitative estimate of drug-likeness (QED) is 0.789. The topological polar surface area (TPSA) is 90.3 Å². The molecule has 0 saturated carbocycles. The van der Waals surface area contributed by atoms with E-state index in [0.717, 1.165) is 12.7 Å². The van der Waals surface area contributed by atoms with Crippen LogP contribution in [0.15, 0.2) is 6.20 Å². The lowest BCUT2D eigenvalue weighted by Crippen LogP contribution is -2.33. The highest BCUT2D eigenvalue weighted by molar-refractivity contribution is 7.86. The Labute approximate surface area is 119 Å². The highest BCUT2D eigenvalue weighted by Crippen LogP contribution is 2.17. The molecule has 0 fully saturated rings. The molecule has 1 rings (SSSR count). The molecular formula is C12H21N3O4S. The maximum Gasteiger partial charge on any atom is 0.307 e. The van der Waals surface area contributed by atoms with Crippen molar-refractivity contribution in [3.63, 3.8) is 0 Å². The number of rotatable bonds is 6. The third kappa shape index (κ3) is 5.20. The van der Waals surface area contributed by atoms with Crippen LogP contribution in [0.3, 0.4) is 0 Å². The fourth-order valence-corrected chi connectivity index (χ4v) is 2.31. The zero-order chi connectivity index (χ0) is 15.5. The van der Waals surface area contributed by atoms with Crippen LogP contribution in [0.25, 0.3) is 0 Å². The van der Waals surface area contributed by atoms with E-state index in [1.807, 2.05) is 6.92 Å². The second kappa shape index (κ2) is 6.25. The van der Waals surface area contributed by atoms with Crippen LogP contribution in [0, 0.1) is 5.92 Å². The van der Waals surface area contributed by atoms with Crippen molar-refractivity contribution >= 4 is 16.0 Å². The summed E-state index contributed by atoms with van der Waals surface area (Å²) in [5.41, 5.74) is 0.105. The van der Waals surface area contributed by atoms with Gasteiger partial charge in [0.25, 0.3) is 11.8 Å². The summed E-state index contributed by atoms with van der Waals surface area (Å²) in [5.74, 6) is -0.153. The summed E-state index contributed by atoms with van der Waals surface area (Å²) in [5, 5.41) is 6.64. The highest BCUT2D eigenvalue weighted by Gasteiger charge is 2.21. The summed E-state index contributed by atoms with van der Waals surface area (Å²) in [6.07, 6.45) is 3.16. The summed E-state index contributed by atoms with van der Waals surface area (Å²) >= 11 is 0. The largest absolute Gasteiger partial charge is 0.359 e. The van der Waals surface area contributed by atoms with Crippen molar-refractivity contribution in [2.24, 2.45) is 13.0 Å². The van der Waals surface area contributed by atoms with E-state index in [2.05, 4.69) is 24.3 Å². The van der Waals surface area contributed by atoms with Gasteiger partial charge in [0, 0.05) is 19.3 Å². The average Bonchev–Trinajstić information content (AvgIpc) is 2.54. The second-order valence-electron chi connectivity index (χ2n) is 5.31. The van der Waals surface area contributed by atoms with E-state index in [1.54, 1.807) is 7.05 Å². The first-order valence-electron chi connectivity index (χ1n) is 6.32. The Hall–Kier alpha value is -1.57. The fourth-order valence-electron chi connectivity index (χ4n) is 1.90. The van der Waals surface area contributed by atoms with Gasteiger partial charge in [0.15, 0.2) is 0 Å². The number of amides is 1. The molecule has 1 aromatic heterocycles. The Morgan fingerprint density at radius 3 is 2.55 bits per heavy atom. The molecule has 1 atom stereocenters. The molecule has 0 radical (unpaired) electrons. The first-order chi connectivity index (χ1) is 9.08. The number of carbonyl (C=O) groups is 1. The Morgan fingerprint density at radius 1 is 1.45 bits per heavy atom. The van der Waals surface area contributed by atoms with Gasteiger partial charge in [-0.3, -0.25) is 9.48 Å². The standard InChI is InChI=1S/C12H21N3O4S/c1-8(2)6-9(3)13-11(16)10-7-15(4)14-12(10)19-20(5,17)18/h7-9H,6H2,1-5H3,(H,13,16). The van der Waals surface area contributed by atoms with Gasteiger partial charge < -0.3 is 9.50 Å². The van der Waals surface area contributed by atoms with Crippen LogP contribution >= 0.6 is 0 Å². The van der Waals surface area contributed by atoms with Gasteiger partial charge in [-0.25, -0.2) is 0 Å². The Morgan fingerprint density at radius 2 is 2.05 bits per heavy atom. The van der Waals surface area contributed by atoms with Crippen molar-refractivity contribution in [2.75, 3.05) is 6.26 Å². The SMILES string of the molecule is CC(C)CC(C)NC(=O)c1cn(C)nc1OS(C)(=O)=O. The Kier molecular flexibility index (Phi) is 5.15. The number of carbonyl (C=O) groups excluding carboxylic acids is 1. The van der Waals surface area contributed by atoms with Gasteiger partial charge in [0.05, 0.1) is 6.26 Å². The minimum Gasteiger partial charge on any atom is -0.359 e. The van der Waals surface area contributed by atoms with Gasteiger partial charge >= 0.3 is 10.1 Å². The summed E-state index contributed by atoms with van der Waals surface area (Å²) < 4.78 is 28.4. The number of hydrogen-bond acceptors (Lipinski definition) is 5. The van der Waals surface area contributed by atoms with Crippen LogP contribution in [0.4, 0.5) is 0 Å². The van der Waals surface area contributed by atoms with Crippen molar-refractivity contribution in [2.45, 2.75) is 33.2 Å². The molecule has 0 aliphatic rings. The van der Waals surface area contributed by atoms with Crippen LogP contribution in [0.5, 0.6) is 5.88 Å². The third-order valence-electron chi connectivity index (χ3n) is 2.47. The summed E-state index contributed by atoms with van der Waals surface area (Å²) in [6.45, 7) is 6.02. The van der Waals surface area contributed by atoms with Crippen molar-refractivity contribution in [3.05, 3.63) is 11.8 Å². The zero-order valence-electron chi connectivity index (χ0n) is 12.4. The number of nitrogens with zero attached hydrogens (tertiary/aromatic N) is 2. The molecule has 1 heterocycles. The third-order valence-corrected chi connectivity index (χ3v) is 2.93. The highest BCUT2D eigenvalue weighted by atomic mass is 32.2. The van der Waals surface area contributed by atoms with E-state index in [0.29, 0.717) is 5.92 Å². The smallest absolute Gasteiger partial charge is 0.307 e. The van der Waals surface area contributed by atoms with E-state index >= 15 is 0 Å². The lowest BCUT2D eigenvalue weighted by atomic mass is 10.1. The maximum absolute atomic E-state index is 12.1. The van der Waals surface area contributed by atoms with E-state index in [9.17, 15) is 13.2 Å². The first-order valence-corrected chi connectivity index (χ1v) is 8.14. The lowest BCUT2D eigenvalue weighted by molar-refractivity contribution is 0.0934. The summed E-state index contributed by atoms with van der Waals surface area (Å²) in [7, 11) is -2.14. The van der Waals surface area contributed by atoms with Crippen LogP contribution in [-0.4, -0.2) is 36.4 Å². The molecule has 114 valence electrons. The van der Waals surface area contributed by atoms with Crippen molar-refractivity contribution in [1.82, 2.24) is 15.1 Å². The molecule has 0 aromatic carbocycles. The van der Waals surface area contributed by atoms with Crippen molar-refractivity contribution in [1.29, 1.82) is 0 Å². The van der Waals surface area contributed by atoms with E-state index in [4.69, 9.17) is 4.18 Å². The van der Waals surface area contributed by atoms with E-state index in [1.165, 1.54) is 10.9 Å². The zero-order valence-corrected chi connectivity index (χ0v) is 13.2. The number of aryl methyl sites for hydroxylation is 1. The molecule has 7 nitrogen and oxygen atoms in total. The fraction of sp³-hybridized carbons (Fsp3) is 0.667. The number of hydrogen-bond donors (Lipinski definition) is 1. The normalized spacial score (nSPS) is 13.3. The molecule has 1 aromatic rings. The minimum atomic E-state index is -3.72. The van der Waals surface area contributed by atoms with E-state index in [-0.39, 0.29) is 17.5 Å². The molecule has 8 heteroatoms. The predicted molar refractivity (Wildman–Crippen MR) is 75.1 cm³/mol. The van der Waals surface area contributed by atoms with Crippen LogP contribution in [0.1, 0.15) is 37.6 Å². The van der Waals surface area contributed by atoms with Gasteiger partial charge in [-0.05, 0) is 19.3 Å². The van der Waals surface area contributed by atoms with Gasteiger partial charge in [-0.15, -0.1) is 5.10 Å². The molecule has 1 N–H and O–H groups in total. The Bertz CT molecular complexity index is 578. The van der Waals surface area contributed by atoms with Gasteiger partial charge in [0.2, 0.25) is 0 Å². The van der Waals surface area contributed by atoms with Crippen LogP contribution < -0.4 is 9.50 Å². The molecule has 0 saturated heterocycles. The number of aromatic nitrogens is 2. The first kappa shape index (κ1) is 16.5. The molecule has 1 amide bonds. The maximum atomic E-state index is 12.1. The molecule has 1 unspecified atom stereocenters. The molecule has 0 aliphatic heterocycles. The van der Waals surface area contributed by atoms with Gasteiger partial charge in [-0.1, -0.05) is 13.8 Å². The second-order valence-corrected chi connectivity index (χ2v) is 6.89. The van der Waals surface area contributed by atoms with Crippen LogP contribution in [-0.2, 0) is 17.2 Å².